The Balaban J connectivity index is 2.29. The maximum Gasteiger partial charge on any atom is 0.303 e. The van der Waals surface area contributed by atoms with E-state index < -0.39 is 23.4 Å². The average Bonchev–Trinajstić information content (AvgIpc) is 2.62. The van der Waals surface area contributed by atoms with E-state index in [0.29, 0.717) is 29.0 Å². The number of phenolic OH excluding ortho intramolecular Hbond substituents is 1. The molecule has 2 N–H and O–H groups in total. The SMILES string of the molecule is CCCC[C@@H](CC(=O)O)c1c(O)c2c(c3c1OC(C)(C)C=C3)O[C@@H](C)[C@@H](C)C2=O. The summed E-state index contributed by atoms with van der Waals surface area (Å²) in [7, 11) is 0. The molecule has 0 radical (unpaired) electrons. The predicted molar refractivity (Wildman–Crippen MR) is 110 cm³/mol. The summed E-state index contributed by atoms with van der Waals surface area (Å²) >= 11 is 0. The van der Waals surface area contributed by atoms with Gasteiger partial charge in [0.1, 0.15) is 34.5 Å². The minimum Gasteiger partial charge on any atom is -0.507 e. The molecule has 0 bridgehead atoms. The summed E-state index contributed by atoms with van der Waals surface area (Å²) in [5, 5.41) is 20.7. The first-order valence-corrected chi connectivity index (χ1v) is 10.3. The van der Waals surface area contributed by atoms with Crippen LogP contribution in [0.4, 0.5) is 0 Å². The number of carbonyl (C=O) groups excluding carboxylic acids is 1. The number of ether oxygens (including phenoxy) is 2. The molecule has 1 aromatic rings. The lowest BCUT2D eigenvalue weighted by molar-refractivity contribution is -0.137. The van der Waals surface area contributed by atoms with Crippen LogP contribution in [-0.4, -0.2) is 33.7 Å². The molecule has 0 aromatic heterocycles. The first kappa shape index (κ1) is 21.2. The highest BCUT2D eigenvalue weighted by Gasteiger charge is 2.41. The van der Waals surface area contributed by atoms with Gasteiger partial charge in [0.25, 0.3) is 0 Å². The van der Waals surface area contributed by atoms with Gasteiger partial charge in [-0.25, -0.2) is 0 Å². The van der Waals surface area contributed by atoms with Gasteiger partial charge in [-0.05, 0) is 39.3 Å². The molecular weight excluding hydrogens is 372 g/mol. The van der Waals surface area contributed by atoms with Gasteiger partial charge in [-0.2, -0.15) is 0 Å². The van der Waals surface area contributed by atoms with Crippen LogP contribution in [0.1, 0.15) is 87.7 Å². The lowest BCUT2D eigenvalue weighted by atomic mass is 9.81. The third-order valence-electron chi connectivity index (χ3n) is 5.87. The van der Waals surface area contributed by atoms with Crippen molar-refractivity contribution in [2.24, 2.45) is 5.92 Å². The molecule has 3 rings (SSSR count). The highest BCUT2D eigenvalue weighted by Crippen LogP contribution is 2.53. The number of hydrogen-bond acceptors (Lipinski definition) is 5. The molecule has 0 saturated carbocycles. The number of aromatic hydroxyl groups is 1. The van der Waals surface area contributed by atoms with Crippen molar-refractivity contribution in [2.75, 3.05) is 0 Å². The Morgan fingerprint density at radius 1 is 1.28 bits per heavy atom. The zero-order chi connectivity index (χ0) is 21.5. The summed E-state index contributed by atoms with van der Waals surface area (Å²) < 4.78 is 12.2. The minimum absolute atomic E-state index is 0.143. The summed E-state index contributed by atoms with van der Waals surface area (Å²) in [4.78, 5) is 24.6. The number of hydrogen-bond donors (Lipinski definition) is 2. The second-order valence-electron chi connectivity index (χ2n) is 8.66. The fourth-order valence-corrected chi connectivity index (χ4v) is 4.04. The number of phenols is 1. The molecular formula is C23H30O6. The van der Waals surface area contributed by atoms with Crippen LogP contribution in [0, 0.1) is 5.92 Å². The topological polar surface area (TPSA) is 93.1 Å². The van der Waals surface area contributed by atoms with Crippen molar-refractivity contribution >= 4 is 17.8 Å². The van der Waals surface area contributed by atoms with Crippen LogP contribution in [-0.2, 0) is 4.79 Å². The molecule has 29 heavy (non-hydrogen) atoms. The molecule has 0 amide bonds. The molecule has 2 heterocycles. The van der Waals surface area contributed by atoms with E-state index in [-0.39, 0.29) is 29.6 Å². The highest BCUT2D eigenvalue weighted by molar-refractivity contribution is 6.06. The number of benzene rings is 1. The maximum absolute atomic E-state index is 13.1. The quantitative estimate of drug-likeness (QED) is 0.701. The number of fused-ring (bicyclic) bond motifs is 3. The number of Topliss-reactive ketones (excluding diaryl/α,β-unsaturated/α-hetero) is 1. The normalized spacial score (nSPS) is 22.9. The molecule has 0 saturated heterocycles. The van der Waals surface area contributed by atoms with Crippen molar-refractivity contribution in [3.05, 3.63) is 22.8 Å². The van der Waals surface area contributed by atoms with Crippen LogP contribution in [0.15, 0.2) is 6.08 Å². The van der Waals surface area contributed by atoms with Gasteiger partial charge in [0.2, 0.25) is 0 Å². The third-order valence-corrected chi connectivity index (χ3v) is 5.87. The molecule has 1 aromatic carbocycles. The molecule has 2 aliphatic heterocycles. The van der Waals surface area contributed by atoms with E-state index in [1.165, 1.54) is 0 Å². The van der Waals surface area contributed by atoms with E-state index in [9.17, 15) is 19.8 Å². The maximum atomic E-state index is 13.1. The summed E-state index contributed by atoms with van der Waals surface area (Å²) in [6.45, 7) is 9.41. The largest absolute Gasteiger partial charge is 0.507 e. The molecule has 3 atom stereocenters. The number of carboxylic acids is 1. The van der Waals surface area contributed by atoms with E-state index in [1.807, 2.05) is 39.8 Å². The van der Waals surface area contributed by atoms with Crippen molar-refractivity contribution in [3.63, 3.8) is 0 Å². The number of carbonyl (C=O) groups is 2. The fourth-order valence-electron chi connectivity index (χ4n) is 4.04. The predicted octanol–water partition coefficient (Wildman–Crippen LogP) is 4.92. The number of carboxylic acid groups (broad SMARTS) is 1. The average molecular weight is 402 g/mol. The van der Waals surface area contributed by atoms with E-state index in [0.717, 1.165) is 12.8 Å². The summed E-state index contributed by atoms with van der Waals surface area (Å²) in [5.41, 5.74) is 0.527. The van der Waals surface area contributed by atoms with Crippen LogP contribution in [0.5, 0.6) is 17.2 Å². The Morgan fingerprint density at radius 2 is 1.97 bits per heavy atom. The molecule has 0 fully saturated rings. The Bertz CT molecular complexity index is 867. The smallest absolute Gasteiger partial charge is 0.303 e. The molecule has 0 unspecified atom stereocenters. The van der Waals surface area contributed by atoms with Gasteiger partial charge in [-0.1, -0.05) is 26.7 Å². The minimum atomic E-state index is -0.952. The van der Waals surface area contributed by atoms with Gasteiger partial charge in [0.05, 0.1) is 17.9 Å². The zero-order valence-corrected chi connectivity index (χ0v) is 17.7. The van der Waals surface area contributed by atoms with Crippen LogP contribution in [0.25, 0.3) is 6.08 Å². The lowest BCUT2D eigenvalue weighted by Gasteiger charge is -2.36. The van der Waals surface area contributed by atoms with Crippen molar-refractivity contribution in [3.8, 4) is 17.2 Å². The third kappa shape index (κ3) is 3.85. The molecule has 158 valence electrons. The molecule has 6 nitrogen and oxygen atoms in total. The van der Waals surface area contributed by atoms with E-state index >= 15 is 0 Å². The van der Waals surface area contributed by atoms with Gasteiger partial charge < -0.3 is 19.7 Å². The van der Waals surface area contributed by atoms with Gasteiger partial charge in [0.15, 0.2) is 5.78 Å². The summed E-state index contributed by atoms with van der Waals surface area (Å²) in [6.07, 6.45) is 5.54. The van der Waals surface area contributed by atoms with Gasteiger partial charge in [-0.15, -0.1) is 0 Å². The van der Waals surface area contributed by atoms with Gasteiger partial charge in [0, 0.05) is 11.5 Å². The lowest BCUT2D eigenvalue weighted by Crippen LogP contribution is -2.35. The van der Waals surface area contributed by atoms with Crippen molar-refractivity contribution in [2.45, 2.75) is 77.9 Å². The van der Waals surface area contributed by atoms with E-state index in [4.69, 9.17) is 9.47 Å². The van der Waals surface area contributed by atoms with E-state index in [2.05, 4.69) is 0 Å². The van der Waals surface area contributed by atoms with Crippen LogP contribution in [0.3, 0.4) is 0 Å². The van der Waals surface area contributed by atoms with Crippen molar-refractivity contribution < 1.29 is 29.3 Å². The summed E-state index contributed by atoms with van der Waals surface area (Å²) in [6, 6.07) is 0. The second-order valence-corrected chi connectivity index (χ2v) is 8.66. The van der Waals surface area contributed by atoms with Crippen molar-refractivity contribution in [1.29, 1.82) is 0 Å². The summed E-state index contributed by atoms with van der Waals surface area (Å²) in [5.74, 6) is -1.46. The monoisotopic (exact) mass is 402 g/mol. The number of unbranched alkanes of at least 4 members (excludes halogenated alkanes) is 1. The van der Waals surface area contributed by atoms with Crippen LogP contribution < -0.4 is 9.47 Å². The first-order chi connectivity index (χ1) is 13.6. The van der Waals surface area contributed by atoms with Crippen LogP contribution in [0.2, 0.25) is 0 Å². The van der Waals surface area contributed by atoms with Crippen LogP contribution >= 0.6 is 0 Å². The van der Waals surface area contributed by atoms with Gasteiger partial charge in [-0.3, -0.25) is 9.59 Å². The second kappa shape index (κ2) is 7.73. The van der Waals surface area contributed by atoms with Crippen molar-refractivity contribution in [1.82, 2.24) is 0 Å². The Labute approximate surface area is 171 Å². The standard InChI is InChI=1S/C23H30O6/c1-6-7-8-14(11-16(24)25)17-20(27)18-19(26)12(2)13(3)28-21(18)15-9-10-23(4,5)29-22(15)17/h9-10,12-14,27H,6-8,11H2,1-5H3,(H,24,25)/t12-,13+,14+/m1/s1. The number of ketones is 1. The molecule has 2 aliphatic rings. The first-order valence-electron chi connectivity index (χ1n) is 10.3. The Hall–Kier alpha value is -2.50. The molecule has 0 spiro atoms. The number of rotatable bonds is 6. The van der Waals surface area contributed by atoms with E-state index in [1.54, 1.807) is 6.92 Å². The Morgan fingerprint density at radius 3 is 2.59 bits per heavy atom. The number of aliphatic carboxylic acids is 1. The Kier molecular flexibility index (Phi) is 5.65. The molecule has 6 heteroatoms. The zero-order valence-electron chi connectivity index (χ0n) is 17.7. The molecule has 0 aliphatic carbocycles. The fraction of sp³-hybridized carbons (Fsp3) is 0.565. The van der Waals surface area contributed by atoms with Gasteiger partial charge >= 0.3 is 5.97 Å². The highest BCUT2D eigenvalue weighted by atomic mass is 16.5.